The SMILES string of the molecule is CCCc1cnn(C2CC(O)CCC2C(F)(F)F)c1. The number of hydrogen-bond donors (Lipinski definition) is 1. The van der Waals surface area contributed by atoms with Crippen LogP contribution in [0.25, 0.3) is 0 Å². The highest BCUT2D eigenvalue weighted by Crippen LogP contribution is 2.43. The van der Waals surface area contributed by atoms with Crippen molar-refractivity contribution in [2.75, 3.05) is 0 Å². The maximum absolute atomic E-state index is 13.0. The standard InChI is InChI=1S/C13H19F3N2O/c1-2-3-9-7-17-18(8-9)12-6-10(19)4-5-11(12)13(14,15)16/h7-8,10-12,19H,2-6H2,1H3. The fraction of sp³-hybridized carbons (Fsp3) is 0.769. The minimum atomic E-state index is -4.23. The molecule has 1 aromatic heterocycles. The second-order valence-electron chi connectivity index (χ2n) is 5.26. The van der Waals surface area contributed by atoms with E-state index in [9.17, 15) is 18.3 Å². The molecular weight excluding hydrogens is 257 g/mol. The van der Waals surface area contributed by atoms with Crippen LogP contribution in [0.1, 0.15) is 44.2 Å². The number of aliphatic hydroxyl groups is 1. The summed E-state index contributed by atoms with van der Waals surface area (Å²) in [7, 11) is 0. The van der Waals surface area contributed by atoms with E-state index in [1.165, 1.54) is 4.68 Å². The van der Waals surface area contributed by atoms with Gasteiger partial charge in [-0.1, -0.05) is 13.3 Å². The lowest BCUT2D eigenvalue weighted by atomic mass is 9.82. The molecule has 1 aromatic rings. The minimum absolute atomic E-state index is 0.0295. The van der Waals surface area contributed by atoms with Gasteiger partial charge < -0.3 is 5.11 Å². The molecule has 0 aliphatic heterocycles. The number of rotatable bonds is 3. The zero-order valence-electron chi connectivity index (χ0n) is 10.9. The Hall–Kier alpha value is -1.04. The molecule has 1 heterocycles. The number of alkyl halides is 3. The zero-order chi connectivity index (χ0) is 14.0. The molecule has 108 valence electrons. The van der Waals surface area contributed by atoms with E-state index in [1.807, 2.05) is 6.92 Å². The van der Waals surface area contributed by atoms with Crippen LogP contribution < -0.4 is 0 Å². The van der Waals surface area contributed by atoms with Gasteiger partial charge in [0.25, 0.3) is 0 Å². The fourth-order valence-electron chi connectivity index (χ4n) is 2.78. The lowest BCUT2D eigenvalue weighted by molar-refractivity contribution is -0.199. The van der Waals surface area contributed by atoms with Crippen molar-refractivity contribution in [3.05, 3.63) is 18.0 Å². The van der Waals surface area contributed by atoms with Crippen LogP contribution in [0, 0.1) is 5.92 Å². The van der Waals surface area contributed by atoms with Gasteiger partial charge in [0.1, 0.15) is 0 Å². The van der Waals surface area contributed by atoms with E-state index in [-0.39, 0.29) is 19.3 Å². The van der Waals surface area contributed by atoms with E-state index in [0.717, 1.165) is 18.4 Å². The van der Waals surface area contributed by atoms with Gasteiger partial charge in [0.2, 0.25) is 0 Å². The Morgan fingerprint density at radius 2 is 2.16 bits per heavy atom. The van der Waals surface area contributed by atoms with Gasteiger partial charge in [0, 0.05) is 6.20 Å². The summed E-state index contributed by atoms with van der Waals surface area (Å²) < 4.78 is 40.5. The van der Waals surface area contributed by atoms with Gasteiger partial charge in [0.05, 0.1) is 24.3 Å². The molecular formula is C13H19F3N2O. The van der Waals surface area contributed by atoms with Crippen LogP contribution in [0.3, 0.4) is 0 Å². The van der Waals surface area contributed by atoms with Crippen molar-refractivity contribution >= 4 is 0 Å². The van der Waals surface area contributed by atoms with Crippen molar-refractivity contribution in [3.8, 4) is 0 Å². The van der Waals surface area contributed by atoms with Crippen LogP contribution in [-0.4, -0.2) is 27.2 Å². The van der Waals surface area contributed by atoms with Gasteiger partial charge in [-0.05, 0) is 31.2 Å². The number of aromatic nitrogens is 2. The van der Waals surface area contributed by atoms with E-state index in [2.05, 4.69) is 5.10 Å². The summed E-state index contributed by atoms with van der Waals surface area (Å²) in [5.74, 6) is -1.41. The molecule has 1 N–H and O–H groups in total. The van der Waals surface area contributed by atoms with Crippen LogP contribution in [0.4, 0.5) is 13.2 Å². The minimum Gasteiger partial charge on any atom is -0.393 e. The average Bonchev–Trinajstić information content (AvgIpc) is 2.76. The third-order valence-corrected chi connectivity index (χ3v) is 3.74. The molecule has 0 aromatic carbocycles. The molecule has 3 nitrogen and oxygen atoms in total. The second-order valence-corrected chi connectivity index (χ2v) is 5.26. The van der Waals surface area contributed by atoms with Gasteiger partial charge in [-0.25, -0.2) is 0 Å². The largest absolute Gasteiger partial charge is 0.393 e. The summed E-state index contributed by atoms with van der Waals surface area (Å²) in [5.41, 5.74) is 0.948. The quantitative estimate of drug-likeness (QED) is 0.921. The molecule has 1 saturated carbocycles. The van der Waals surface area contributed by atoms with Crippen molar-refractivity contribution in [3.63, 3.8) is 0 Å². The van der Waals surface area contributed by atoms with E-state index < -0.39 is 24.2 Å². The third kappa shape index (κ3) is 3.29. The van der Waals surface area contributed by atoms with Crippen molar-refractivity contribution in [1.29, 1.82) is 0 Å². The first kappa shape index (κ1) is 14.4. The molecule has 0 spiro atoms. The smallest absolute Gasteiger partial charge is 0.393 e. The zero-order valence-corrected chi connectivity index (χ0v) is 10.9. The number of aryl methyl sites for hydroxylation is 1. The summed E-state index contributed by atoms with van der Waals surface area (Å²) >= 11 is 0. The van der Waals surface area contributed by atoms with Crippen LogP contribution in [0.5, 0.6) is 0 Å². The molecule has 3 atom stereocenters. The Balaban J connectivity index is 2.21. The van der Waals surface area contributed by atoms with E-state index in [4.69, 9.17) is 0 Å². The molecule has 0 saturated heterocycles. The summed E-state index contributed by atoms with van der Waals surface area (Å²) in [4.78, 5) is 0. The molecule has 1 fully saturated rings. The van der Waals surface area contributed by atoms with Gasteiger partial charge in [0.15, 0.2) is 0 Å². The lowest BCUT2D eigenvalue weighted by Gasteiger charge is -2.35. The topological polar surface area (TPSA) is 38.0 Å². The van der Waals surface area contributed by atoms with Crippen molar-refractivity contribution in [2.24, 2.45) is 5.92 Å². The molecule has 0 radical (unpaired) electrons. The summed E-state index contributed by atoms with van der Waals surface area (Å²) in [6, 6.07) is -0.783. The molecule has 6 heteroatoms. The highest BCUT2D eigenvalue weighted by Gasteiger charge is 2.48. The van der Waals surface area contributed by atoms with Crippen LogP contribution in [0.15, 0.2) is 12.4 Å². The first-order valence-corrected chi connectivity index (χ1v) is 6.69. The Kier molecular flexibility index (Phi) is 4.18. The van der Waals surface area contributed by atoms with Gasteiger partial charge in [-0.3, -0.25) is 4.68 Å². The Morgan fingerprint density at radius 3 is 2.79 bits per heavy atom. The Bertz CT molecular complexity index is 416. The molecule has 1 aliphatic rings. The van der Waals surface area contributed by atoms with Crippen LogP contribution >= 0.6 is 0 Å². The third-order valence-electron chi connectivity index (χ3n) is 3.74. The van der Waals surface area contributed by atoms with Gasteiger partial charge in [-0.2, -0.15) is 18.3 Å². The van der Waals surface area contributed by atoms with E-state index in [0.29, 0.717) is 0 Å². The summed E-state index contributed by atoms with van der Waals surface area (Å²) in [5, 5.41) is 13.7. The highest BCUT2D eigenvalue weighted by atomic mass is 19.4. The van der Waals surface area contributed by atoms with Gasteiger partial charge >= 0.3 is 6.18 Å². The number of nitrogens with zero attached hydrogens (tertiary/aromatic N) is 2. The number of hydrogen-bond acceptors (Lipinski definition) is 2. The monoisotopic (exact) mass is 276 g/mol. The molecule has 0 amide bonds. The predicted molar refractivity (Wildman–Crippen MR) is 64.7 cm³/mol. The maximum Gasteiger partial charge on any atom is 0.393 e. The summed E-state index contributed by atoms with van der Waals surface area (Å²) in [6.45, 7) is 2.01. The maximum atomic E-state index is 13.0. The summed E-state index contributed by atoms with van der Waals surface area (Å²) in [6.07, 6.45) is 0.458. The predicted octanol–water partition coefficient (Wildman–Crippen LogP) is 3.10. The van der Waals surface area contributed by atoms with Crippen molar-refractivity contribution in [2.45, 2.75) is 57.3 Å². The molecule has 2 rings (SSSR count). The molecule has 1 aliphatic carbocycles. The molecule has 0 bridgehead atoms. The highest BCUT2D eigenvalue weighted by molar-refractivity contribution is 5.05. The normalized spacial score (nSPS) is 28.6. The second kappa shape index (κ2) is 5.53. The van der Waals surface area contributed by atoms with E-state index in [1.54, 1.807) is 12.4 Å². The molecule has 3 unspecified atom stereocenters. The number of halogens is 3. The van der Waals surface area contributed by atoms with Gasteiger partial charge in [-0.15, -0.1) is 0 Å². The number of aliphatic hydroxyl groups excluding tert-OH is 1. The van der Waals surface area contributed by atoms with Crippen molar-refractivity contribution in [1.82, 2.24) is 9.78 Å². The Morgan fingerprint density at radius 1 is 1.42 bits per heavy atom. The molecule has 19 heavy (non-hydrogen) atoms. The fourth-order valence-corrected chi connectivity index (χ4v) is 2.78. The van der Waals surface area contributed by atoms with Crippen LogP contribution in [-0.2, 0) is 6.42 Å². The van der Waals surface area contributed by atoms with E-state index >= 15 is 0 Å². The lowest BCUT2D eigenvalue weighted by Crippen LogP contribution is -2.38. The Labute approximate surface area is 110 Å². The average molecular weight is 276 g/mol. The van der Waals surface area contributed by atoms with Crippen molar-refractivity contribution < 1.29 is 18.3 Å². The van der Waals surface area contributed by atoms with Crippen LogP contribution in [0.2, 0.25) is 0 Å². The first-order chi connectivity index (χ1) is 8.91. The first-order valence-electron chi connectivity index (χ1n) is 6.69.